The highest BCUT2D eigenvalue weighted by Gasteiger charge is 2.03. The third-order valence-corrected chi connectivity index (χ3v) is 2.63. The van der Waals surface area contributed by atoms with Crippen molar-refractivity contribution >= 4 is 23.2 Å². The largest absolute Gasteiger partial charge is 0.348 e. The number of hydrogen-bond acceptors (Lipinski definition) is 2. The minimum atomic E-state index is -0.0265. The van der Waals surface area contributed by atoms with Crippen LogP contribution in [0.4, 0.5) is 0 Å². The van der Waals surface area contributed by atoms with Crippen LogP contribution in [0.5, 0.6) is 0 Å². The third kappa shape index (κ3) is 2.62. The Morgan fingerprint density at radius 2 is 1.81 bits per heavy atom. The summed E-state index contributed by atoms with van der Waals surface area (Å²) in [7, 11) is 0. The molecule has 0 atom stereocenters. The minimum absolute atomic E-state index is 0.0265. The van der Waals surface area contributed by atoms with Gasteiger partial charge in [0.05, 0.1) is 17.3 Å². The van der Waals surface area contributed by atoms with Crippen LogP contribution in [-0.4, -0.2) is 9.55 Å². The van der Waals surface area contributed by atoms with E-state index in [0.29, 0.717) is 22.4 Å². The molecule has 2 heterocycles. The van der Waals surface area contributed by atoms with Crippen LogP contribution < -0.4 is 5.43 Å². The average Bonchev–Trinajstić information content (AvgIpc) is 2.27. The third-order valence-electron chi connectivity index (χ3n) is 2.08. The summed E-state index contributed by atoms with van der Waals surface area (Å²) in [6.07, 6.45) is 3.36. The summed E-state index contributed by atoms with van der Waals surface area (Å²) in [5.41, 5.74) is 0.652. The van der Waals surface area contributed by atoms with Gasteiger partial charge in [0, 0.05) is 24.5 Å². The van der Waals surface area contributed by atoms with E-state index in [1.54, 1.807) is 24.5 Å². The molecule has 3 nitrogen and oxygen atoms in total. The molecule has 0 aliphatic carbocycles. The van der Waals surface area contributed by atoms with Crippen molar-refractivity contribution in [1.29, 1.82) is 0 Å². The molecule has 0 spiro atoms. The maximum atomic E-state index is 10.9. The van der Waals surface area contributed by atoms with Crippen molar-refractivity contribution in [3.8, 4) is 0 Å². The molecule has 0 N–H and O–H groups in total. The number of pyridine rings is 2. The maximum Gasteiger partial charge on any atom is 0.181 e. The van der Waals surface area contributed by atoms with Gasteiger partial charge >= 0.3 is 0 Å². The van der Waals surface area contributed by atoms with Crippen molar-refractivity contribution in [3.05, 3.63) is 62.8 Å². The molecule has 0 saturated heterocycles. The van der Waals surface area contributed by atoms with Crippen LogP contribution in [0.25, 0.3) is 0 Å². The van der Waals surface area contributed by atoms with E-state index < -0.39 is 0 Å². The zero-order valence-electron chi connectivity index (χ0n) is 8.23. The molecule has 0 aromatic carbocycles. The van der Waals surface area contributed by atoms with Gasteiger partial charge in [-0.2, -0.15) is 0 Å². The standard InChI is InChI=1S/C11H8Cl2N2O/c12-9-1-2-11(13)14-10(9)7-15-5-3-8(16)4-6-15/h1-6H,7H2. The molecule has 5 heteroatoms. The second-order valence-corrected chi connectivity index (χ2v) is 4.06. The summed E-state index contributed by atoms with van der Waals surface area (Å²) < 4.78 is 1.81. The zero-order valence-corrected chi connectivity index (χ0v) is 9.74. The average molecular weight is 255 g/mol. The van der Waals surface area contributed by atoms with Crippen LogP contribution in [0, 0.1) is 0 Å². The molecule has 2 aromatic rings. The van der Waals surface area contributed by atoms with E-state index in [0.717, 1.165) is 0 Å². The zero-order chi connectivity index (χ0) is 11.5. The molecule has 0 aliphatic heterocycles. The van der Waals surface area contributed by atoms with E-state index in [9.17, 15) is 4.79 Å². The Bertz CT molecular complexity index is 546. The van der Waals surface area contributed by atoms with E-state index in [-0.39, 0.29) is 5.43 Å². The molecule has 0 amide bonds. The molecule has 82 valence electrons. The van der Waals surface area contributed by atoms with E-state index in [1.807, 2.05) is 4.57 Å². The lowest BCUT2D eigenvalue weighted by Gasteiger charge is -2.06. The second-order valence-electron chi connectivity index (χ2n) is 3.27. The fourth-order valence-electron chi connectivity index (χ4n) is 1.29. The van der Waals surface area contributed by atoms with Crippen molar-refractivity contribution in [2.75, 3.05) is 0 Å². The molecular weight excluding hydrogens is 247 g/mol. The van der Waals surface area contributed by atoms with E-state index in [1.165, 1.54) is 12.1 Å². The lowest BCUT2D eigenvalue weighted by Crippen LogP contribution is -2.06. The number of hydrogen-bond donors (Lipinski definition) is 0. The molecular formula is C11H8Cl2N2O. The van der Waals surface area contributed by atoms with Gasteiger partial charge in [-0.1, -0.05) is 23.2 Å². The molecule has 0 bridgehead atoms. The first-order valence-corrected chi connectivity index (χ1v) is 5.38. The van der Waals surface area contributed by atoms with Crippen molar-refractivity contribution in [2.24, 2.45) is 0 Å². The van der Waals surface area contributed by atoms with E-state index >= 15 is 0 Å². The predicted octanol–water partition coefficient (Wildman–Crippen LogP) is 2.60. The Morgan fingerprint density at radius 1 is 1.12 bits per heavy atom. The van der Waals surface area contributed by atoms with Crippen molar-refractivity contribution in [1.82, 2.24) is 9.55 Å². The molecule has 16 heavy (non-hydrogen) atoms. The first-order chi connectivity index (χ1) is 7.65. The Labute approximate surface area is 102 Å². The molecule has 2 aromatic heterocycles. The van der Waals surface area contributed by atoms with Gasteiger partial charge in [-0.15, -0.1) is 0 Å². The van der Waals surface area contributed by atoms with Gasteiger partial charge in [-0.05, 0) is 12.1 Å². The highest BCUT2D eigenvalue weighted by atomic mass is 35.5. The number of aromatic nitrogens is 2. The summed E-state index contributed by atoms with van der Waals surface area (Å²) in [5, 5.41) is 0.962. The van der Waals surface area contributed by atoms with Crippen LogP contribution in [-0.2, 0) is 6.54 Å². The summed E-state index contributed by atoms with van der Waals surface area (Å²) in [6.45, 7) is 0.486. The lowest BCUT2D eigenvalue weighted by atomic mass is 10.3. The first-order valence-electron chi connectivity index (χ1n) is 4.62. The molecule has 2 rings (SSSR count). The predicted molar refractivity (Wildman–Crippen MR) is 64.1 cm³/mol. The highest BCUT2D eigenvalue weighted by Crippen LogP contribution is 2.17. The van der Waals surface area contributed by atoms with E-state index in [2.05, 4.69) is 4.98 Å². The van der Waals surface area contributed by atoms with Gasteiger partial charge < -0.3 is 4.57 Å². The fourth-order valence-corrected chi connectivity index (χ4v) is 1.62. The second kappa shape index (κ2) is 4.68. The van der Waals surface area contributed by atoms with Crippen LogP contribution in [0.2, 0.25) is 10.2 Å². The Hall–Kier alpha value is -1.32. The molecule has 0 fully saturated rings. The topological polar surface area (TPSA) is 34.9 Å². The Balaban J connectivity index is 2.30. The number of nitrogens with zero attached hydrogens (tertiary/aromatic N) is 2. The lowest BCUT2D eigenvalue weighted by molar-refractivity contribution is 0.766. The SMILES string of the molecule is O=c1ccn(Cc2nc(Cl)ccc2Cl)cc1. The summed E-state index contributed by atoms with van der Waals surface area (Å²) in [4.78, 5) is 15.0. The van der Waals surface area contributed by atoms with Crippen LogP contribution in [0.3, 0.4) is 0 Å². The van der Waals surface area contributed by atoms with E-state index in [4.69, 9.17) is 23.2 Å². The van der Waals surface area contributed by atoms with Crippen LogP contribution in [0.15, 0.2) is 41.5 Å². The van der Waals surface area contributed by atoms with Gasteiger partial charge in [0.1, 0.15) is 5.15 Å². The highest BCUT2D eigenvalue weighted by molar-refractivity contribution is 6.32. The number of rotatable bonds is 2. The smallest absolute Gasteiger partial charge is 0.181 e. The molecule has 0 aliphatic rings. The van der Waals surface area contributed by atoms with Gasteiger partial charge in [0.15, 0.2) is 5.43 Å². The first kappa shape index (κ1) is 11.2. The van der Waals surface area contributed by atoms with Gasteiger partial charge in [-0.3, -0.25) is 4.79 Å². The molecule has 0 unspecified atom stereocenters. The summed E-state index contributed by atoms with van der Waals surface area (Å²) >= 11 is 11.8. The summed E-state index contributed by atoms with van der Waals surface area (Å²) in [6, 6.07) is 6.31. The maximum absolute atomic E-state index is 10.9. The van der Waals surface area contributed by atoms with Crippen LogP contribution in [0.1, 0.15) is 5.69 Å². The Morgan fingerprint density at radius 3 is 2.50 bits per heavy atom. The molecule has 0 radical (unpaired) electrons. The van der Waals surface area contributed by atoms with Gasteiger partial charge in [0.25, 0.3) is 0 Å². The normalized spacial score (nSPS) is 10.4. The minimum Gasteiger partial charge on any atom is -0.348 e. The van der Waals surface area contributed by atoms with Crippen LogP contribution >= 0.6 is 23.2 Å². The number of halogens is 2. The van der Waals surface area contributed by atoms with Gasteiger partial charge in [0.2, 0.25) is 0 Å². The van der Waals surface area contributed by atoms with Crippen molar-refractivity contribution in [3.63, 3.8) is 0 Å². The van der Waals surface area contributed by atoms with Crippen molar-refractivity contribution in [2.45, 2.75) is 6.54 Å². The molecule has 0 saturated carbocycles. The van der Waals surface area contributed by atoms with Gasteiger partial charge in [-0.25, -0.2) is 4.98 Å². The monoisotopic (exact) mass is 254 g/mol. The summed E-state index contributed by atoms with van der Waals surface area (Å²) in [5.74, 6) is 0. The quantitative estimate of drug-likeness (QED) is 0.773. The van der Waals surface area contributed by atoms with Crippen molar-refractivity contribution < 1.29 is 0 Å². The fraction of sp³-hybridized carbons (Fsp3) is 0.0909. The Kier molecular flexibility index (Phi) is 3.27.